The molecular formula is C36H44N4O3. The Balaban J connectivity index is 1.29. The highest BCUT2D eigenvalue weighted by Crippen LogP contribution is 2.59. The predicted molar refractivity (Wildman–Crippen MR) is 171 cm³/mol. The maximum atomic E-state index is 12.3. The fourth-order valence-electron chi connectivity index (χ4n) is 7.93. The Morgan fingerprint density at radius 3 is 2.65 bits per heavy atom. The van der Waals surface area contributed by atoms with Crippen molar-refractivity contribution in [3.63, 3.8) is 0 Å². The summed E-state index contributed by atoms with van der Waals surface area (Å²) in [5, 5.41) is 39.8. The van der Waals surface area contributed by atoms with E-state index in [4.69, 9.17) is 5.73 Å². The van der Waals surface area contributed by atoms with Gasteiger partial charge in [-0.2, -0.15) is 0 Å². The number of nitrogens with zero attached hydrogens (tertiary/aromatic N) is 1. The third-order valence-corrected chi connectivity index (χ3v) is 10.5. The first-order valence-corrected chi connectivity index (χ1v) is 15.5. The fourth-order valence-corrected chi connectivity index (χ4v) is 7.93. The van der Waals surface area contributed by atoms with Crippen LogP contribution < -0.4 is 11.1 Å². The highest BCUT2D eigenvalue weighted by Gasteiger charge is 2.62. The summed E-state index contributed by atoms with van der Waals surface area (Å²) in [7, 11) is 0. The van der Waals surface area contributed by atoms with E-state index >= 15 is 0 Å². The molecule has 7 heteroatoms. The van der Waals surface area contributed by atoms with E-state index in [1.165, 1.54) is 5.56 Å². The zero-order chi connectivity index (χ0) is 30.2. The number of aromatic amines is 1. The number of aliphatic imine (C=N–C) groups is 1. The van der Waals surface area contributed by atoms with Crippen molar-refractivity contribution in [2.75, 3.05) is 6.54 Å². The summed E-state index contributed by atoms with van der Waals surface area (Å²) in [5.41, 5.74) is 7.83. The van der Waals surface area contributed by atoms with Crippen LogP contribution in [0.5, 0.6) is 0 Å². The van der Waals surface area contributed by atoms with Gasteiger partial charge in [-0.25, -0.2) is 0 Å². The van der Waals surface area contributed by atoms with Gasteiger partial charge in [0.2, 0.25) is 0 Å². The number of nitrogens with one attached hydrogen (secondary N) is 2. The molecule has 0 saturated heterocycles. The number of guanidine groups is 1. The van der Waals surface area contributed by atoms with Crippen LogP contribution in [-0.2, 0) is 12.8 Å². The monoisotopic (exact) mass is 580 g/mol. The number of allylic oxidation sites excluding steroid dienone is 1. The molecular weight excluding hydrogens is 536 g/mol. The van der Waals surface area contributed by atoms with E-state index in [9.17, 15) is 15.3 Å². The molecule has 3 aliphatic carbocycles. The van der Waals surface area contributed by atoms with Gasteiger partial charge in [-0.15, -0.1) is 5.92 Å². The normalized spacial score (nSPS) is 33.9. The second kappa shape index (κ2) is 11.5. The quantitative estimate of drug-likeness (QED) is 0.108. The van der Waals surface area contributed by atoms with E-state index in [2.05, 4.69) is 64.0 Å². The van der Waals surface area contributed by atoms with Crippen molar-refractivity contribution in [3.05, 3.63) is 84.1 Å². The lowest BCUT2D eigenvalue weighted by atomic mass is 9.66. The van der Waals surface area contributed by atoms with Crippen LogP contribution in [0.15, 0.2) is 77.8 Å². The molecule has 0 amide bonds. The van der Waals surface area contributed by atoms with Crippen LogP contribution in [0.4, 0.5) is 0 Å². The van der Waals surface area contributed by atoms with Gasteiger partial charge >= 0.3 is 0 Å². The predicted octanol–water partition coefficient (Wildman–Crippen LogP) is 4.23. The molecule has 3 aliphatic rings. The third-order valence-electron chi connectivity index (χ3n) is 10.5. The zero-order valence-corrected chi connectivity index (χ0v) is 25.0. The number of hydrogen-bond donors (Lipinski definition) is 6. The minimum Gasteiger partial charge on any atom is -0.390 e. The SMILES string of the molecule is C=C(Cc1cc2ccccc2[nH]1)C12CC#CC(NC(N)=NCCc3ccccc3)CC3(O)C(O)CC(C3C1)C(C)(O)CC2. The summed E-state index contributed by atoms with van der Waals surface area (Å²) in [6.07, 6.45) is 3.43. The van der Waals surface area contributed by atoms with E-state index in [0.29, 0.717) is 45.1 Å². The Kier molecular flexibility index (Phi) is 7.89. The minimum atomic E-state index is -1.44. The summed E-state index contributed by atoms with van der Waals surface area (Å²) < 4.78 is 0. The average molecular weight is 581 g/mol. The van der Waals surface area contributed by atoms with E-state index in [-0.39, 0.29) is 24.2 Å². The molecule has 0 aliphatic heterocycles. The van der Waals surface area contributed by atoms with Gasteiger partial charge in [0.1, 0.15) is 0 Å². The lowest BCUT2D eigenvalue weighted by Gasteiger charge is -2.41. The van der Waals surface area contributed by atoms with Crippen LogP contribution >= 0.6 is 0 Å². The molecule has 0 spiro atoms. The second-order valence-electron chi connectivity index (χ2n) is 13.4. The molecule has 6 rings (SSSR count). The molecule has 7 atom stereocenters. The van der Waals surface area contributed by atoms with Crippen molar-refractivity contribution in [1.29, 1.82) is 0 Å². The number of H-pyrrole nitrogens is 1. The third kappa shape index (κ3) is 5.84. The number of aromatic nitrogens is 1. The summed E-state index contributed by atoms with van der Waals surface area (Å²) in [6, 6.07) is 20.0. The van der Waals surface area contributed by atoms with Crippen molar-refractivity contribution in [2.45, 2.75) is 81.6 Å². The van der Waals surface area contributed by atoms with E-state index in [1.54, 1.807) is 0 Å². The van der Waals surface area contributed by atoms with Gasteiger partial charge in [-0.1, -0.05) is 66.6 Å². The molecule has 3 aromatic rings. The molecule has 1 aromatic heterocycles. The number of rotatable bonds is 7. The number of aliphatic hydroxyl groups excluding tert-OH is 1. The van der Waals surface area contributed by atoms with Crippen molar-refractivity contribution >= 4 is 16.9 Å². The molecule has 2 aromatic carbocycles. The molecule has 2 bridgehead atoms. The van der Waals surface area contributed by atoms with E-state index in [1.807, 2.05) is 37.3 Å². The van der Waals surface area contributed by atoms with Gasteiger partial charge in [0.05, 0.1) is 23.3 Å². The first-order chi connectivity index (χ1) is 20.6. The van der Waals surface area contributed by atoms with Gasteiger partial charge in [0, 0.05) is 42.4 Å². The van der Waals surface area contributed by atoms with Crippen LogP contribution in [0.1, 0.15) is 56.7 Å². The van der Waals surface area contributed by atoms with Gasteiger partial charge in [-0.3, -0.25) is 4.99 Å². The van der Waals surface area contributed by atoms with Gasteiger partial charge in [-0.05, 0) is 73.9 Å². The number of aliphatic hydroxyl groups is 3. The maximum absolute atomic E-state index is 12.3. The van der Waals surface area contributed by atoms with Crippen LogP contribution in [0.2, 0.25) is 0 Å². The largest absolute Gasteiger partial charge is 0.390 e. The highest BCUT2D eigenvalue weighted by atomic mass is 16.3. The standard InChI is InChI=1S/C36H44N4O3/c1-24(19-28-20-26-11-6-7-13-31(26)39-28)35-15-8-12-27(40-33(37)38-18-14-25-9-4-3-5-10-25)22-36(43)30(23-35)29(21-32(36)41)34(2,42)16-17-35/h3-7,9-11,13,20,27,29-30,32,39,41-43H,1,14-19,21-23H2,2H3,(H3,37,38,40). The first kappa shape index (κ1) is 29.5. The molecule has 7 nitrogen and oxygen atoms in total. The molecule has 2 fully saturated rings. The van der Waals surface area contributed by atoms with Gasteiger partial charge in [0.15, 0.2) is 5.96 Å². The Hall–Kier alpha value is -3.57. The highest BCUT2D eigenvalue weighted by molar-refractivity contribution is 5.80. The lowest BCUT2D eigenvalue weighted by Crippen LogP contribution is -2.52. The van der Waals surface area contributed by atoms with Crippen LogP contribution in [-0.4, -0.2) is 56.2 Å². The van der Waals surface area contributed by atoms with E-state index in [0.717, 1.165) is 28.6 Å². The van der Waals surface area contributed by atoms with Gasteiger partial charge in [0.25, 0.3) is 0 Å². The summed E-state index contributed by atoms with van der Waals surface area (Å²) >= 11 is 0. The molecule has 43 heavy (non-hydrogen) atoms. The summed E-state index contributed by atoms with van der Waals surface area (Å²) in [5.74, 6) is 6.47. The minimum absolute atomic E-state index is 0.192. The molecule has 7 N–H and O–H groups in total. The Morgan fingerprint density at radius 2 is 1.86 bits per heavy atom. The number of nitrogens with two attached hydrogens (primary N) is 1. The van der Waals surface area contributed by atoms with Crippen LogP contribution in [0.3, 0.4) is 0 Å². The Morgan fingerprint density at radius 1 is 1.09 bits per heavy atom. The first-order valence-electron chi connectivity index (χ1n) is 15.5. The second-order valence-corrected chi connectivity index (χ2v) is 13.4. The zero-order valence-electron chi connectivity index (χ0n) is 25.0. The fraction of sp³-hybridized carbons (Fsp3) is 0.472. The number of benzene rings is 2. The van der Waals surface area contributed by atoms with E-state index < -0.39 is 28.8 Å². The average Bonchev–Trinajstić information content (AvgIpc) is 3.47. The number of hydrogen-bond acceptors (Lipinski definition) is 4. The molecule has 1 heterocycles. The molecule has 0 radical (unpaired) electrons. The molecule has 2 saturated carbocycles. The maximum Gasteiger partial charge on any atom is 0.189 e. The van der Waals surface area contributed by atoms with Crippen molar-refractivity contribution in [2.24, 2.45) is 28.0 Å². The molecule has 7 unspecified atom stereocenters. The number of para-hydroxylation sites is 1. The van der Waals surface area contributed by atoms with Crippen LogP contribution in [0.25, 0.3) is 10.9 Å². The summed E-state index contributed by atoms with van der Waals surface area (Å²) in [6.45, 7) is 7.01. The Labute approximate surface area is 254 Å². The smallest absolute Gasteiger partial charge is 0.189 e. The number of fused-ring (bicyclic) bond motifs is 2. The van der Waals surface area contributed by atoms with Crippen LogP contribution in [0, 0.1) is 29.1 Å². The van der Waals surface area contributed by atoms with Crippen molar-refractivity contribution < 1.29 is 15.3 Å². The topological polar surface area (TPSA) is 127 Å². The Bertz CT molecular complexity index is 1530. The van der Waals surface area contributed by atoms with Crippen molar-refractivity contribution in [1.82, 2.24) is 10.3 Å². The van der Waals surface area contributed by atoms with Gasteiger partial charge < -0.3 is 31.4 Å². The summed E-state index contributed by atoms with van der Waals surface area (Å²) in [4.78, 5) is 8.05. The van der Waals surface area contributed by atoms with Crippen molar-refractivity contribution in [3.8, 4) is 11.8 Å². The lowest BCUT2D eigenvalue weighted by molar-refractivity contribution is -0.105. The molecule has 226 valence electrons.